The van der Waals surface area contributed by atoms with E-state index in [0.717, 1.165) is 66.3 Å². The summed E-state index contributed by atoms with van der Waals surface area (Å²) < 4.78 is 2.19. The van der Waals surface area contributed by atoms with Gasteiger partial charge in [-0.3, -0.25) is 19.7 Å². The molecule has 2 aliphatic heterocycles. The van der Waals surface area contributed by atoms with Gasteiger partial charge in [-0.25, -0.2) is 0 Å². The number of nitrogens with zero attached hydrogens (tertiary/aromatic N) is 6. The first kappa shape index (κ1) is 30.2. The van der Waals surface area contributed by atoms with Crippen LogP contribution in [0.25, 0.3) is 10.9 Å². The maximum Gasteiger partial charge on any atom is 0.193 e. The molecule has 9 heteroatoms. The largest absolute Gasteiger partial charge is 0.389 e. The Kier molecular flexibility index (Phi) is 8.71. The van der Waals surface area contributed by atoms with Gasteiger partial charge in [-0.1, -0.05) is 0 Å². The summed E-state index contributed by atoms with van der Waals surface area (Å²) in [6.45, 7) is 12.2. The van der Waals surface area contributed by atoms with Gasteiger partial charge in [0.2, 0.25) is 0 Å². The summed E-state index contributed by atoms with van der Waals surface area (Å²) in [4.78, 5) is 29.9. The fourth-order valence-electron chi connectivity index (χ4n) is 6.72. The highest BCUT2D eigenvalue weighted by Crippen LogP contribution is 2.28. The summed E-state index contributed by atoms with van der Waals surface area (Å²) in [6.07, 6.45) is 6.47. The summed E-state index contributed by atoms with van der Waals surface area (Å²) in [5, 5.41) is 20.9. The number of hydrogen-bond donors (Lipinski definition) is 2. The van der Waals surface area contributed by atoms with Gasteiger partial charge < -0.3 is 24.6 Å². The lowest BCUT2D eigenvalue weighted by Crippen LogP contribution is -2.48. The average molecular weight is 597 g/mol. The van der Waals surface area contributed by atoms with Crippen molar-refractivity contribution in [2.24, 2.45) is 0 Å². The van der Waals surface area contributed by atoms with Gasteiger partial charge in [-0.2, -0.15) is 0 Å². The smallest absolute Gasteiger partial charge is 0.193 e. The van der Waals surface area contributed by atoms with Crippen LogP contribution >= 0.6 is 0 Å². The Balaban J connectivity index is 1.35. The Bertz CT molecular complexity index is 1660. The van der Waals surface area contributed by atoms with Gasteiger partial charge in [0.05, 0.1) is 29.6 Å². The molecule has 2 N–H and O–H groups in total. The van der Waals surface area contributed by atoms with Crippen molar-refractivity contribution in [1.29, 1.82) is 0 Å². The molecule has 0 spiro atoms. The number of aliphatic hydroxyl groups excluding tert-OH is 2. The highest BCUT2D eigenvalue weighted by atomic mass is 16.3. The molecule has 232 valence electrons. The quantitative estimate of drug-likeness (QED) is 0.313. The standard InChI is InChI=1S/C35H44N6O3/c1-23(2)41-19-27(35(44)31-10-9-28(15-32(31)41)40-21-33(42)34(43)22-40)18-39(17-26-11-12-36-25(4)14-26)30-6-5-13-38(20-30)29-8-7-24(3)37-16-29/h7-12,14-16,19,23,30,33-34,42-43H,5-6,13,17-18,20-22H2,1-4H3/t30-,33-,34+/m0/s1. The molecule has 0 bridgehead atoms. The van der Waals surface area contributed by atoms with Crippen LogP contribution in [0.15, 0.2) is 65.8 Å². The van der Waals surface area contributed by atoms with Crippen molar-refractivity contribution in [3.63, 3.8) is 0 Å². The molecule has 2 saturated heterocycles. The molecule has 1 aromatic carbocycles. The van der Waals surface area contributed by atoms with Crippen molar-refractivity contribution in [2.45, 2.75) is 77.9 Å². The Morgan fingerprint density at radius 3 is 2.39 bits per heavy atom. The van der Waals surface area contributed by atoms with Gasteiger partial charge in [-0.15, -0.1) is 0 Å². The van der Waals surface area contributed by atoms with Gasteiger partial charge in [0.25, 0.3) is 0 Å². The third-order valence-electron chi connectivity index (χ3n) is 9.17. The number of β-amino-alcohol motifs (C(OH)–C–C–N with tert-alkyl or cyclic N) is 2. The van der Waals surface area contributed by atoms with Crippen LogP contribution in [0.4, 0.5) is 11.4 Å². The molecule has 0 saturated carbocycles. The van der Waals surface area contributed by atoms with E-state index in [4.69, 9.17) is 0 Å². The second-order valence-electron chi connectivity index (χ2n) is 12.8. The number of piperidine rings is 1. The minimum atomic E-state index is -0.770. The Morgan fingerprint density at radius 2 is 1.68 bits per heavy atom. The molecule has 9 nitrogen and oxygen atoms in total. The number of aryl methyl sites for hydroxylation is 2. The van der Waals surface area contributed by atoms with Crippen LogP contribution in [0.1, 0.15) is 55.2 Å². The number of fused-ring (bicyclic) bond motifs is 1. The number of rotatable bonds is 8. The van der Waals surface area contributed by atoms with E-state index in [1.165, 1.54) is 5.56 Å². The second kappa shape index (κ2) is 12.7. The summed E-state index contributed by atoms with van der Waals surface area (Å²) >= 11 is 0. The number of aromatic nitrogens is 3. The minimum Gasteiger partial charge on any atom is -0.389 e. The number of pyridine rings is 3. The van der Waals surface area contributed by atoms with Crippen molar-refractivity contribution in [3.8, 4) is 0 Å². The number of benzene rings is 1. The molecule has 0 unspecified atom stereocenters. The van der Waals surface area contributed by atoms with Crippen LogP contribution in [0.3, 0.4) is 0 Å². The Morgan fingerprint density at radius 1 is 0.909 bits per heavy atom. The van der Waals surface area contributed by atoms with Crippen LogP contribution in [0, 0.1) is 13.8 Å². The van der Waals surface area contributed by atoms with Crippen molar-refractivity contribution in [2.75, 3.05) is 36.0 Å². The lowest BCUT2D eigenvalue weighted by Gasteiger charge is -2.40. The minimum absolute atomic E-state index is 0.0521. The lowest BCUT2D eigenvalue weighted by molar-refractivity contribution is 0.0572. The summed E-state index contributed by atoms with van der Waals surface area (Å²) in [5.74, 6) is 0. The summed E-state index contributed by atoms with van der Waals surface area (Å²) in [6, 6.07) is 14.7. The average Bonchev–Trinajstić information content (AvgIpc) is 3.35. The van der Waals surface area contributed by atoms with Gasteiger partial charge in [0.1, 0.15) is 0 Å². The van der Waals surface area contributed by atoms with Gasteiger partial charge >= 0.3 is 0 Å². The number of hydrogen-bond acceptors (Lipinski definition) is 8. The maximum atomic E-state index is 14.1. The highest BCUT2D eigenvalue weighted by Gasteiger charge is 2.30. The molecule has 44 heavy (non-hydrogen) atoms. The van der Waals surface area contributed by atoms with Gasteiger partial charge in [0.15, 0.2) is 5.43 Å². The van der Waals surface area contributed by atoms with Crippen molar-refractivity contribution < 1.29 is 10.2 Å². The van der Waals surface area contributed by atoms with Gasteiger partial charge in [-0.05, 0) is 88.6 Å². The molecule has 0 amide bonds. The van der Waals surface area contributed by atoms with E-state index in [1.54, 1.807) is 0 Å². The van der Waals surface area contributed by atoms with E-state index < -0.39 is 12.2 Å². The molecule has 2 fully saturated rings. The van der Waals surface area contributed by atoms with E-state index in [9.17, 15) is 15.0 Å². The fraction of sp³-hybridized carbons (Fsp3) is 0.457. The first-order valence-electron chi connectivity index (χ1n) is 15.8. The van der Waals surface area contributed by atoms with Crippen LogP contribution in [0.2, 0.25) is 0 Å². The molecule has 4 aromatic rings. The SMILES string of the molecule is Cc1ccc(N2CCC[C@H](N(Cc3ccnc(C)c3)Cc3cn(C(C)C)c4cc(N5C[C@@H](O)[C@@H](O)C5)ccc4c3=O)C2)cn1. The molecular weight excluding hydrogens is 552 g/mol. The predicted molar refractivity (Wildman–Crippen MR) is 175 cm³/mol. The van der Waals surface area contributed by atoms with Crippen LogP contribution in [-0.4, -0.2) is 74.1 Å². The normalized spacial score (nSPS) is 20.8. The molecule has 5 heterocycles. The third-order valence-corrected chi connectivity index (χ3v) is 9.17. The fourth-order valence-corrected chi connectivity index (χ4v) is 6.72. The van der Waals surface area contributed by atoms with E-state index in [0.29, 0.717) is 25.0 Å². The summed E-state index contributed by atoms with van der Waals surface area (Å²) in [5.41, 5.74) is 6.93. The number of anilines is 2. The van der Waals surface area contributed by atoms with E-state index in [1.807, 2.05) is 55.5 Å². The molecular formula is C35H44N6O3. The van der Waals surface area contributed by atoms with Crippen LogP contribution in [0.5, 0.6) is 0 Å². The van der Waals surface area contributed by atoms with Crippen molar-refractivity contribution in [1.82, 2.24) is 19.4 Å². The van der Waals surface area contributed by atoms with Crippen LogP contribution < -0.4 is 15.2 Å². The van der Waals surface area contributed by atoms with Crippen molar-refractivity contribution >= 4 is 22.3 Å². The first-order chi connectivity index (χ1) is 21.2. The molecule has 3 atom stereocenters. The second-order valence-corrected chi connectivity index (χ2v) is 12.8. The third kappa shape index (κ3) is 6.36. The van der Waals surface area contributed by atoms with Crippen molar-refractivity contribution in [3.05, 3.63) is 93.8 Å². The number of aliphatic hydroxyl groups is 2. The van der Waals surface area contributed by atoms with E-state index in [-0.39, 0.29) is 17.5 Å². The molecule has 6 rings (SSSR count). The van der Waals surface area contributed by atoms with E-state index >= 15 is 0 Å². The first-order valence-corrected chi connectivity index (χ1v) is 15.8. The summed E-state index contributed by atoms with van der Waals surface area (Å²) in [7, 11) is 0. The maximum absolute atomic E-state index is 14.1. The lowest BCUT2D eigenvalue weighted by atomic mass is 10.0. The zero-order valence-corrected chi connectivity index (χ0v) is 26.2. The molecule has 0 radical (unpaired) electrons. The Hall–Kier alpha value is -3.79. The highest BCUT2D eigenvalue weighted by molar-refractivity contribution is 5.83. The molecule has 2 aliphatic rings. The zero-order chi connectivity index (χ0) is 31.0. The molecule has 3 aromatic heterocycles. The predicted octanol–water partition coefficient (Wildman–Crippen LogP) is 4.20. The van der Waals surface area contributed by atoms with Gasteiger partial charge in [0, 0.05) is 91.8 Å². The topological polar surface area (TPSA) is 98.0 Å². The van der Waals surface area contributed by atoms with E-state index in [2.05, 4.69) is 62.4 Å². The monoisotopic (exact) mass is 596 g/mol. The molecule has 0 aliphatic carbocycles. The Labute approximate surface area is 259 Å². The van der Waals surface area contributed by atoms with Crippen LogP contribution in [-0.2, 0) is 13.1 Å². The zero-order valence-electron chi connectivity index (χ0n) is 26.2.